The second kappa shape index (κ2) is 5.88. The number of likely N-dealkylation sites (N-methyl/N-ethyl adjacent to an activating group) is 1. The highest BCUT2D eigenvalue weighted by atomic mass is 35.5. The van der Waals surface area contributed by atoms with Crippen molar-refractivity contribution >= 4 is 11.6 Å². The molecule has 2 atom stereocenters. The van der Waals surface area contributed by atoms with Gasteiger partial charge in [0.05, 0.1) is 5.60 Å². The van der Waals surface area contributed by atoms with E-state index in [4.69, 9.17) is 11.6 Å². The van der Waals surface area contributed by atoms with Crippen molar-refractivity contribution in [2.24, 2.45) is 5.41 Å². The molecule has 0 saturated heterocycles. The van der Waals surface area contributed by atoms with E-state index in [9.17, 15) is 5.11 Å². The Labute approximate surface area is 133 Å². The Morgan fingerprint density at radius 2 is 2.10 bits per heavy atom. The van der Waals surface area contributed by atoms with Crippen LogP contribution in [0.4, 0.5) is 0 Å². The fourth-order valence-corrected chi connectivity index (χ4v) is 3.64. The normalized spacial score (nSPS) is 23.1. The fraction of sp³-hybridized carbons (Fsp3) is 0.647. The Hall–Kier alpha value is -0.610. The minimum atomic E-state index is -0.749. The van der Waals surface area contributed by atoms with Crippen LogP contribution >= 0.6 is 11.6 Å². The molecule has 1 aliphatic rings. The van der Waals surface area contributed by atoms with E-state index in [1.54, 1.807) is 0 Å². The first kappa shape index (κ1) is 16.8. The molecule has 4 heteroatoms. The highest BCUT2D eigenvalue weighted by molar-refractivity contribution is 6.30. The predicted octanol–water partition coefficient (Wildman–Crippen LogP) is 2.87. The van der Waals surface area contributed by atoms with Gasteiger partial charge in [0.15, 0.2) is 0 Å². The molecule has 1 aliphatic carbocycles. The van der Waals surface area contributed by atoms with Crippen molar-refractivity contribution in [3.05, 3.63) is 34.3 Å². The smallest absolute Gasteiger partial charge is 0.0869 e. The van der Waals surface area contributed by atoms with Crippen LogP contribution in [-0.2, 0) is 6.42 Å². The number of nitrogens with zero attached hydrogens (tertiary/aromatic N) is 1. The first-order chi connectivity index (χ1) is 9.61. The number of hydrogen-bond donors (Lipinski definition) is 2. The Bertz CT molecular complexity index is 512. The van der Waals surface area contributed by atoms with Crippen LogP contribution in [0, 0.1) is 5.41 Å². The van der Waals surface area contributed by atoms with Crippen LogP contribution < -0.4 is 5.32 Å². The summed E-state index contributed by atoms with van der Waals surface area (Å²) in [5.41, 5.74) is 2.00. The van der Waals surface area contributed by atoms with Gasteiger partial charge in [-0.1, -0.05) is 31.5 Å². The SMILES string of the molecule is CN(C)CC(C)(O)CNC1c2cc(Cl)ccc2CC1(C)C. The molecule has 0 aromatic heterocycles. The van der Waals surface area contributed by atoms with Crippen LogP contribution in [0.3, 0.4) is 0 Å². The number of hydrogen-bond acceptors (Lipinski definition) is 3. The number of halogens is 1. The molecular formula is C17H27ClN2O. The summed E-state index contributed by atoms with van der Waals surface area (Å²) in [6.45, 7) is 7.60. The average Bonchev–Trinajstić information content (AvgIpc) is 2.54. The maximum Gasteiger partial charge on any atom is 0.0869 e. The summed E-state index contributed by atoms with van der Waals surface area (Å²) in [5, 5.41) is 14.8. The van der Waals surface area contributed by atoms with E-state index < -0.39 is 5.60 Å². The fourth-order valence-electron chi connectivity index (χ4n) is 3.45. The van der Waals surface area contributed by atoms with Crippen molar-refractivity contribution in [1.29, 1.82) is 0 Å². The summed E-state index contributed by atoms with van der Waals surface area (Å²) in [5.74, 6) is 0. The van der Waals surface area contributed by atoms with Crippen LogP contribution in [0.1, 0.15) is 37.9 Å². The van der Waals surface area contributed by atoms with Gasteiger partial charge >= 0.3 is 0 Å². The van der Waals surface area contributed by atoms with E-state index in [2.05, 4.69) is 31.3 Å². The topological polar surface area (TPSA) is 35.5 Å². The minimum Gasteiger partial charge on any atom is -0.388 e. The van der Waals surface area contributed by atoms with E-state index in [1.807, 2.05) is 32.0 Å². The van der Waals surface area contributed by atoms with E-state index in [0.717, 1.165) is 11.4 Å². The lowest BCUT2D eigenvalue weighted by Gasteiger charge is -2.33. The summed E-state index contributed by atoms with van der Waals surface area (Å²) >= 11 is 6.16. The lowest BCUT2D eigenvalue weighted by molar-refractivity contribution is 0.0274. The summed E-state index contributed by atoms with van der Waals surface area (Å²) in [6, 6.07) is 6.37. The quantitative estimate of drug-likeness (QED) is 0.878. The molecule has 0 heterocycles. The third-order valence-corrected chi connectivity index (χ3v) is 4.43. The first-order valence-corrected chi connectivity index (χ1v) is 7.87. The van der Waals surface area contributed by atoms with Crippen molar-refractivity contribution in [2.75, 3.05) is 27.2 Å². The lowest BCUT2D eigenvalue weighted by atomic mass is 9.85. The van der Waals surface area contributed by atoms with Gasteiger partial charge in [-0.05, 0) is 56.1 Å². The Morgan fingerprint density at radius 3 is 2.71 bits per heavy atom. The van der Waals surface area contributed by atoms with E-state index in [0.29, 0.717) is 13.1 Å². The molecule has 1 aromatic carbocycles. The van der Waals surface area contributed by atoms with Crippen molar-refractivity contribution in [2.45, 2.75) is 38.8 Å². The molecule has 0 spiro atoms. The van der Waals surface area contributed by atoms with Crippen LogP contribution in [0.25, 0.3) is 0 Å². The number of benzene rings is 1. The van der Waals surface area contributed by atoms with Crippen molar-refractivity contribution in [3.63, 3.8) is 0 Å². The highest BCUT2D eigenvalue weighted by Gasteiger charge is 2.39. The highest BCUT2D eigenvalue weighted by Crippen LogP contribution is 2.45. The second-order valence-corrected chi connectivity index (χ2v) is 7.99. The number of aliphatic hydroxyl groups is 1. The summed E-state index contributed by atoms with van der Waals surface area (Å²) < 4.78 is 0. The van der Waals surface area contributed by atoms with Gasteiger partial charge in [-0.3, -0.25) is 0 Å². The van der Waals surface area contributed by atoms with E-state index in [-0.39, 0.29) is 11.5 Å². The summed E-state index contributed by atoms with van der Waals surface area (Å²) in [4.78, 5) is 2.01. The predicted molar refractivity (Wildman–Crippen MR) is 88.9 cm³/mol. The zero-order valence-corrected chi connectivity index (χ0v) is 14.5. The molecule has 0 saturated carbocycles. The monoisotopic (exact) mass is 310 g/mol. The van der Waals surface area contributed by atoms with Gasteiger partial charge in [0.2, 0.25) is 0 Å². The lowest BCUT2D eigenvalue weighted by Crippen LogP contribution is -2.47. The molecule has 0 radical (unpaired) electrons. The molecule has 21 heavy (non-hydrogen) atoms. The molecule has 0 fully saturated rings. The van der Waals surface area contributed by atoms with Crippen LogP contribution in [0.15, 0.2) is 18.2 Å². The second-order valence-electron chi connectivity index (χ2n) is 7.56. The maximum atomic E-state index is 10.5. The average molecular weight is 311 g/mol. The zero-order valence-electron chi connectivity index (χ0n) is 13.7. The van der Waals surface area contributed by atoms with Gasteiger partial charge in [0.25, 0.3) is 0 Å². The molecule has 3 nitrogen and oxygen atoms in total. The standard InChI is InChI=1S/C17H27ClN2O/c1-16(2)9-12-6-7-13(18)8-14(12)15(16)19-10-17(3,21)11-20(4)5/h6-8,15,19,21H,9-11H2,1-5H3. The number of nitrogens with one attached hydrogen (secondary N) is 1. The van der Waals surface area contributed by atoms with Gasteiger partial charge in [0.1, 0.15) is 0 Å². The Morgan fingerprint density at radius 1 is 1.43 bits per heavy atom. The molecule has 2 rings (SSSR count). The summed E-state index contributed by atoms with van der Waals surface area (Å²) in [7, 11) is 3.95. The summed E-state index contributed by atoms with van der Waals surface area (Å²) in [6.07, 6.45) is 1.03. The largest absolute Gasteiger partial charge is 0.388 e. The zero-order chi connectivity index (χ0) is 15.8. The van der Waals surface area contributed by atoms with E-state index >= 15 is 0 Å². The number of fused-ring (bicyclic) bond motifs is 1. The third kappa shape index (κ3) is 3.98. The van der Waals surface area contributed by atoms with Gasteiger partial charge in [-0.25, -0.2) is 0 Å². The maximum absolute atomic E-state index is 10.5. The van der Waals surface area contributed by atoms with Gasteiger partial charge in [-0.15, -0.1) is 0 Å². The van der Waals surface area contributed by atoms with Crippen molar-refractivity contribution in [3.8, 4) is 0 Å². The van der Waals surface area contributed by atoms with Gasteiger partial charge in [-0.2, -0.15) is 0 Å². The van der Waals surface area contributed by atoms with Gasteiger partial charge in [0, 0.05) is 24.2 Å². The van der Waals surface area contributed by atoms with Crippen LogP contribution in [0.2, 0.25) is 5.02 Å². The Kier molecular flexibility index (Phi) is 4.69. The van der Waals surface area contributed by atoms with Crippen LogP contribution in [0.5, 0.6) is 0 Å². The Balaban J connectivity index is 2.14. The molecule has 0 aliphatic heterocycles. The van der Waals surface area contributed by atoms with Crippen LogP contribution in [-0.4, -0.2) is 42.8 Å². The van der Waals surface area contributed by atoms with Gasteiger partial charge < -0.3 is 15.3 Å². The molecule has 118 valence electrons. The molecular weight excluding hydrogens is 284 g/mol. The number of rotatable bonds is 5. The molecule has 0 amide bonds. The molecule has 2 N–H and O–H groups in total. The van der Waals surface area contributed by atoms with Crippen molar-refractivity contribution in [1.82, 2.24) is 10.2 Å². The molecule has 0 bridgehead atoms. The van der Waals surface area contributed by atoms with E-state index in [1.165, 1.54) is 11.1 Å². The third-order valence-electron chi connectivity index (χ3n) is 4.19. The molecule has 1 aromatic rings. The first-order valence-electron chi connectivity index (χ1n) is 7.50. The molecule has 2 unspecified atom stereocenters. The minimum absolute atomic E-state index is 0.126. The van der Waals surface area contributed by atoms with Crippen molar-refractivity contribution < 1.29 is 5.11 Å².